The first-order valence-electron chi connectivity index (χ1n) is 6.46. The third kappa shape index (κ3) is 3.12. The van der Waals surface area contributed by atoms with E-state index in [1.54, 1.807) is 12.1 Å². The number of thioether (sulfide) groups is 1. The molecule has 0 fully saturated rings. The van der Waals surface area contributed by atoms with Gasteiger partial charge in [-0.25, -0.2) is 4.68 Å². The van der Waals surface area contributed by atoms with Gasteiger partial charge >= 0.3 is 0 Å². The minimum Gasteiger partial charge on any atom is -0.461 e. The van der Waals surface area contributed by atoms with Crippen molar-refractivity contribution in [2.45, 2.75) is 5.16 Å². The fourth-order valence-corrected chi connectivity index (χ4v) is 2.45. The first kappa shape index (κ1) is 14.2. The van der Waals surface area contributed by atoms with Gasteiger partial charge in [-0.05, 0) is 24.3 Å². The Bertz CT molecular complexity index is 755. The van der Waals surface area contributed by atoms with Crippen LogP contribution < -0.4 is 11.2 Å². The van der Waals surface area contributed by atoms with Crippen LogP contribution >= 0.6 is 11.8 Å². The highest BCUT2D eigenvalue weighted by molar-refractivity contribution is 7.99. The summed E-state index contributed by atoms with van der Waals surface area (Å²) >= 11 is 1.20. The number of hydrogen-bond acceptors (Lipinski definition) is 6. The van der Waals surface area contributed by atoms with Crippen LogP contribution in [0.15, 0.2) is 58.3 Å². The molecule has 1 aromatic carbocycles. The summed E-state index contributed by atoms with van der Waals surface area (Å²) < 4.78 is 6.53. The maximum absolute atomic E-state index is 11.9. The molecule has 3 N–H and O–H groups in total. The monoisotopic (exact) mass is 315 g/mol. The van der Waals surface area contributed by atoms with E-state index in [0.29, 0.717) is 16.7 Å². The third-order valence-corrected chi connectivity index (χ3v) is 3.74. The van der Waals surface area contributed by atoms with E-state index in [1.165, 1.54) is 22.7 Å². The molecule has 0 spiro atoms. The van der Waals surface area contributed by atoms with Crippen molar-refractivity contribution < 1.29 is 9.21 Å². The Morgan fingerprint density at radius 3 is 2.77 bits per heavy atom. The van der Waals surface area contributed by atoms with Gasteiger partial charge in [-0.2, -0.15) is 0 Å². The van der Waals surface area contributed by atoms with Gasteiger partial charge in [0.15, 0.2) is 5.76 Å². The zero-order valence-corrected chi connectivity index (χ0v) is 12.3. The van der Waals surface area contributed by atoms with E-state index in [2.05, 4.69) is 15.5 Å². The molecular formula is C14H13N5O2S. The van der Waals surface area contributed by atoms with Crippen LogP contribution in [-0.4, -0.2) is 26.5 Å². The largest absolute Gasteiger partial charge is 0.461 e. The van der Waals surface area contributed by atoms with E-state index in [-0.39, 0.29) is 11.7 Å². The second-order valence-corrected chi connectivity index (χ2v) is 5.30. The topological polar surface area (TPSA) is 99.0 Å². The number of nitrogen functional groups attached to an aromatic ring is 1. The van der Waals surface area contributed by atoms with E-state index < -0.39 is 0 Å². The number of carbonyl (C=O) groups excluding carboxylic acids is 1. The summed E-state index contributed by atoms with van der Waals surface area (Å²) in [6.45, 7) is 0. The number of carbonyl (C=O) groups is 1. The number of nitrogens with zero attached hydrogens (tertiary/aromatic N) is 3. The van der Waals surface area contributed by atoms with E-state index in [9.17, 15) is 4.79 Å². The van der Waals surface area contributed by atoms with E-state index >= 15 is 0 Å². The summed E-state index contributed by atoms with van der Waals surface area (Å²) in [6, 6.07) is 12.7. The first-order valence-corrected chi connectivity index (χ1v) is 7.44. The number of nitrogens with two attached hydrogens (primary N) is 1. The Hall–Kier alpha value is -2.74. The highest BCUT2D eigenvalue weighted by atomic mass is 32.2. The molecular weight excluding hydrogens is 302 g/mol. The minimum absolute atomic E-state index is 0.140. The van der Waals surface area contributed by atoms with Crippen molar-refractivity contribution in [2.75, 3.05) is 16.9 Å². The van der Waals surface area contributed by atoms with Crippen molar-refractivity contribution in [2.24, 2.45) is 0 Å². The van der Waals surface area contributed by atoms with Crippen molar-refractivity contribution in [3.63, 3.8) is 0 Å². The normalized spacial score (nSPS) is 10.5. The Morgan fingerprint density at radius 2 is 2.05 bits per heavy atom. The highest BCUT2D eigenvalue weighted by Gasteiger charge is 2.15. The summed E-state index contributed by atoms with van der Waals surface area (Å²) in [6.07, 6.45) is 1.53. The fraction of sp³-hybridized carbons (Fsp3) is 0.0714. The van der Waals surface area contributed by atoms with Crippen LogP contribution in [0.2, 0.25) is 0 Å². The summed E-state index contributed by atoms with van der Waals surface area (Å²) in [5.41, 5.74) is 0.749. The molecule has 0 aliphatic rings. The van der Waals surface area contributed by atoms with Gasteiger partial charge in [0.2, 0.25) is 16.9 Å². The van der Waals surface area contributed by atoms with Crippen LogP contribution in [0.25, 0.3) is 11.6 Å². The van der Waals surface area contributed by atoms with Crippen molar-refractivity contribution >= 4 is 23.4 Å². The molecule has 7 nitrogen and oxygen atoms in total. The van der Waals surface area contributed by atoms with E-state index in [0.717, 1.165) is 5.69 Å². The SMILES string of the molecule is Nn1c(SCC(=O)Nc2ccccc2)nnc1-c1ccco1. The number of rotatable bonds is 5. The number of aromatic nitrogens is 3. The molecule has 0 unspecified atom stereocenters. The van der Waals surface area contributed by atoms with Gasteiger partial charge in [-0.1, -0.05) is 30.0 Å². The summed E-state index contributed by atoms with van der Waals surface area (Å²) in [7, 11) is 0. The number of anilines is 1. The maximum atomic E-state index is 11.9. The molecule has 0 radical (unpaired) electrons. The Kier molecular flexibility index (Phi) is 4.10. The van der Waals surface area contributed by atoms with Gasteiger partial charge in [-0.15, -0.1) is 10.2 Å². The van der Waals surface area contributed by atoms with Gasteiger partial charge < -0.3 is 15.6 Å². The van der Waals surface area contributed by atoms with Crippen molar-refractivity contribution in [3.8, 4) is 11.6 Å². The minimum atomic E-state index is -0.140. The molecule has 0 atom stereocenters. The lowest BCUT2D eigenvalue weighted by Crippen LogP contribution is -2.16. The van der Waals surface area contributed by atoms with Crippen LogP contribution in [0.1, 0.15) is 0 Å². The Labute approximate surface area is 130 Å². The zero-order chi connectivity index (χ0) is 15.4. The molecule has 3 aromatic rings. The number of furan rings is 1. The molecule has 0 saturated carbocycles. The molecule has 0 bridgehead atoms. The lowest BCUT2D eigenvalue weighted by molar-refractivity contribution is -0.113. The van der Waals surface area contributed by atoms with Gasteiger partial charge in [0, 0.05) is 5.69 Å². The number of nitrogens with one attached hydrogen (secondary N) is 1. The molecule has 1 amide bonds. The van der Waals surface area contributed by atoms with Gasteiger partial charge in [0.05, 0.1) is 12.0 Å². The van der Waals surface area contributed by atoms with Gasteiger partial charge in [0.1, 0.15) is 0 Å². The van der Waals surface area contributed by atoms with Gasteiger partial charge in [0.25, 0.3) is 0 Å². The summed E-state index contributed by atoms with van der Waals surface area (Å²) in [5, 5.41) is 11.2. The predicted molar refractivity (Wildman–Crippen MR) is 83.7 cm³/mol. The molecule has 0 aliphatic carbocycles. The number of amides is 1. The Morgan fingerprint density at radius 1 is 1.23 bits per heavy atom. The number of benzene rings is 1. The second-order valence-electron chi connectivity index (χ2n) is 4.36. The second kappa shape index (κ2) is 6.35. The molecule has 3 rings (SSSR count). The first-order chi connectivity index (χ1) is 10.7. The van der Waals surface area contributed by atoms with Crippen molar-refractivity contribution in [1.82, 2.24) is 14.9 Å². The number of hydrogen-bond donors (Lipinski definition) is 2. The van der Waals surface area contributed by atoms with Crippen LogP contribution in [0, 0.1) is 0 Å². The fourth-order valence-electron chi connectivity index (χ4n) is 1.80. The smallest absolute Gasteiger partial charge is 0.234 e. The molecule has 112 valence electrons. The van der Waals surface area contributed by atoms with E-state index in [1.807, 2.05) is 30.3 Å². The molecule has 22 heavy (non-hydrogen) atoms. The average Bonchev–Trinajstić information content (AvgIpc) is 3.16. The highest BCUT2D eigenvalue weighted by Crippen LogP contribution is 2.21. The quantitative estimate of drug-likeness (QED) is 0.552. The molecule has 0 saturated heterocycles. The van der Waals surface area contributed by atoms with Crippen LogP contribution in [0.5, 0.6) is 0 Å². The maximum Gasteiger partial charge on any atom is 0.234 e. The van der Waals surface area contributed by atoms with Crippen LogP contribution in [-0.2, 0) is 4.79 Å². The molecule has 2 heterocycles. The lowest BCUT2D eigenvalue weighted by atomic mass is 10.3. The van der Waals surface area contributed by atoms with Gasteiger partial charge in [-0.3, -0.25) is 4.79 Å². The van der Waals surface area contributed by atoms with E-state index in [4.69, 9.17) is 10.3 Å². The third-order valence-electron chi connectivity index (χ3n) is 2.80. The molecule has 0 aliphatic heterocycles. The molecule has 8 heteroatoms. The number of para-hydroxylation sites is 1. The van der Waals surface area contributed by atoms with Crippen molar-refractivity contribution in [1.29, 1.82) is 0 Å². The standard InChI is InChI=1S/C14H13N5O2S/c15-19-13(11-7-4-8-21-11)17-18-14(19)22-9-12(20)16-10-5-2-1-3-6-10/h1-8H,9,15H2,(H,16,20). The lowest BCUT2D eigenvalue weighted by Gasteiger charge is -2.04. The van der Waals surface area contributed by atoms with Crippen LogP contribution in [0.4, 0.5) is 5.69 Å². The average molecular weight is 315 g/mol. The predicted octanol–water partition coefficient (Wildman–Crippen LogP) is 1.98. The zero-order valence-electron chi connectivity index (χ0n) is 11.5. The molecule has 2 aromatic heterocycles. The van der Waals surface area contributed by atoms with Crippen LogP contribution in [0.3, 0.4) is 0 Å². The Balaban J connectivity index is 1.61. The van der Waals surface area contributed by atoms with Crippen molar-refractivity contribution in [3.05, 3.63) is 48.7 Å². The summed E-state index contributed by atoms with van der Waals surface area (Å²) in [4.78, 5) is 11.9. The summed E-state index contributed by atoms with van der Waals surface area (Å²) in [5.74, 6) is 6.89.